The molecule has 2 atom stereocenters. The molecule has 1 rings (SSSR count). The summed E-state index contributed by atoms with van der Waals surface area (Å²) in [6.07, 6.45) is 0.154. The van der Waals surface area contributed by atoms with Gasteiger partial charge >= 0.3 is 0 Å². The maximum atomic E-state index is 6.25. The summed E-state index contributed by atoms with van der Waals surface area (Å²) in [4.78, 5) is 0. The summed E-state index contributed by atoms with van der Waals surface area (Å²) < 4.78 is 5.83. The van der Waals surface area contributed by atoms with Crippen molar-refractivity contribution in [3.63, 3.8) is 0 Å². The molecule has 0 bridgehead atoms. The molecule has 84 valence electrons. The van der Waals surface area contributed by atoms with Crippen LogP contribution in [0.5, 0.6) is 0 Å². The van der Waals surface area contributed by atoms with E-state index in [9.17, 15) is 0 Å². The highest BCUT2D eigenvalue weighted by Gasteiger charge is 2.24. The SMILES string of the molecule is CC(OP(Cl)c1ccccc1)C(C)(C)C. The lowest BCUT2D eigenvalue weighted by atomic mass is 9.91. The van der Waals surface area contributed by atoms with Crippen LogP contribution < -0.4 is 5.30 Å². The summed E-state index contributed by atoms with van der Waals surface area (Å²) in [7, 11) is -1.01. The van der Waals surface area contributed by atoms with Crippen LogP contribution in [0, 0.1) is 5.41 Å². The van der Waals surface area contributed by atoms with Crippen LogP contribution in [0.2, 0.25) is 0 Å². The highest BCUT2D eigenvalue weighted by molar-refractivity contribution is 7.86. The number of rotatable bonds is 3. The maximum Gasteiger partial charge on any atom is 0.157 e. The van der Waals surface area contributed by atoms with Gasteiger partial charge in [0.2, 0.25) is 0 Å². The average Bonchev–Trinajstić information content (AvgIpc) is 2.17. The van der Waals surface area contributed by atoms with Crippen LogP contribution in [0.25, 0.3) is 0 Å². The lowest BCUT2D eigenvalue weighted by Crippen LogP contribution is -2.25. The maximum absolute atomic E-state index is 6.25. The van der Waals surface area contributed by atoms with Crippen molar-refractivity contribution in [2.45, 2.75) is 33.8 Å². The first kappa shape index (κ1) is 13.0. The van der Waals surface area contributed by atoms with Gasteiger partial charge in [-0.3, -0.25) is 0 Å². The largest absolute Gasteiger partial charge is 0.336 e. The summed E-state index contributed by atoms with van der Waals surface area (Å²) in [6.45, 7) is 8.54. The molecule has 0 saturated carbocycles. The van der Waals surface area contributed by atoms with E-state index in [2.05, 4.69) is 27.7 Å². The second kappa shape index (κ2) is 5.30. The van der Waals surface area contributed by atoms with Crippen molar-refractivity contribution in [1.29, 1.82) is 0 Å². The molecule has 0 amide bonds. The van der Waals surface area contributed by atoms with Gasteiger partial charge in [-0.25, -0.2) is 0 Å². The average molecular weight is 245 g/mol. The molecule has 0 spiro atoms. The standard InChI is InChI=1S/C12H18ClOP/c1-10(12(2,3)4)14-15(13)11-8-6-5-7-9-11/h5-10H,1-4H3. The zero-order valence-corrected chi connectivity index (χ0v) is 11.3. The number of hydrogen-bond acceptors (Lipinski definition) is 1. The molecule has 0 aliphatic rings. The summed E-state index contributed by atoms with van der Waals surface area (Å²) in [5.41, 5.74) is 0.129. The van der Waals surface area contributed by atoms with Crippen molar-refractivity contribution < 1.29 is 4.52 Å². The minimum atomic E-state index is -1.01. The molecule has 0 aliphatic carbocycles. The highest BCUT2D eigenvalue weighted by atomic mass is 35.7. The molecule has 0 N–H and O–H groups in total. The van der Waals surface area contributed by atoms with Crippen molar-refractivity contribution in [2.24, 2.45) is 5.41 Å². The highest BCUT2D eigenvalue weighted by Crippen LogP contribution is 2.45. The van der Waals surface area contributed by atoms with Gasteiger partial charge < -0.3 is 4.52 Å². The Morgan fingerprint density at radius 2 is 1.73 bits per heavy atom. The first-order chi connectivity index (χ1) is 6.91. The zero-order chi connectivity index (χ0) is 11.5. The molecule has 2 unspecified atom stereocenters. The summed E-state index contributed by atoms with van der Waals surface area (Å²) >= 11 is 6.25. The monoisotopic (exact) mass is 244 g/mol. The summed E-state index contributed by atoms with van der Waals surface area (Å²) in [5, 5.41) is 1.07. The molecule has 0 aromatic heterocycles. The molecule has 0 aliphatic heterocycles. The fourth-order valence-corrected chi connectivity index (χ4v) is 2.72. The number of halogens is 1. The second-order valence-electron chi connectivity index (χ2n) is 4.69. The van der Waals surface area contributed by atoms with Crippen LogP contribution in [-0.4, -0.2) is 6.10 Å². The predicted octanol–water partition coefficient (Wildman–Crippen LogP) is 4.31. The first-order valence-electron chi connectivity index (χ1n) is 5.09. The third-order valence-electron chi connectivity index (χ3n) is 2.43. The van der Waals surface area contributed by atoms with Gasteiger partial charge in [-0.2, -0.15) is 0 Å². The molecule has 1 nitrogen and oxygen atoms in total. The normalized spacial score (nSPS) is 16.1. The molecular formula is C12H18ClOP. The third-order valence-corrected chi connectivity index (χ3v) is 4.46. The fourth-order valence-electron chi connectivity index (χ4n) is 0.903. The van der Waals surface area contributed by atoms with Crippen molar-refractivity contribution >= 4 is 24.0 Å². The van der Waals surface area contributed by atoms with Gasteiger partial charge in [0.25, 0.3) is 0 Å². The van der Waals surface area contributed by atoms with Crippen molar-refractivity contribution in [3.05, 3.63) is 30.3 Å². The Morgan fingerprint density at radius 1 is 1.20 bits per heavy atom. The van der Waals surface area contributed by atoms with Gasteiger partial charge in [0, 0.05) is 5.30 Å². The van der Waals surface area contributed by atoms with Gasteiger partial charge in [-0.1, -0.05) is 62.3 Å². The minimum absolute atomic E-state index is 0.129. The Kier molecular flexibility index (Phi) is 4.58. The molecule has 3 heteroatoms. The Labute approximate surface area is 98.4 Å². The first-order valence-corrected chi connectivity index (χ1v) is 7.25. The van der Waals surface area contributed by atoms with Crippen molar-refractivity contribution in [3.8, 4) is 0 Å². The van der Waals surface area contributed by atoms with E-state index >= 15 is 0 Å². The minimum Gasteiger partial charge on any atom is -0.336 e. The molecule has 0 fully saturated rings. The van der Waals surface area contributed by atoms with Crippen LogP contribution in [0.4, 0.5) is 0 Å². The molecule has 15 heavy (non-hydrogen) atoms. The van der Waals surface area contributed by atoms with Crippen molar-refractivity contribution in [2.75, 3.05) is 0 Å². The fraction of sp³-hybridized carbons (Fsp3) is 0.500. The van der Waals surface area contributed by atoms with E-state index in [-0.39, 0.29) is 11.5 Å². The van der Waals surface area contributed by atoms with Crippen LogP contribution in [0.15, 0.2) is 30.3 Å². The lowest BCUT2D eigenvalue weighted by Gasteiger charge is -2.28. The topological polar surface area (TPSA) is 9.23 Å². The van der Waals surface area contributed by atoms with Crippen LogP contribution in [0.1, 0.15) is 27.7 Å². The van der Waals surface area contributed by atoms with E-state index in [1.165, 1.54) is 0 Å². The number of benzene rings is 1. The summed E-state index contributed by atoms with van der Waals surface area (Å²) in [6, 6.07) is 9.97. The Bertz CT molecular complexity index is 294. The van der Waals surface area contributed by atoms with Gasteiger partial charge in [0.15, 0.2) is 7.50 Å². The van der Waals surface area contributed by atoms with Gasteiger partial charge in [0.1, 0.15) is 0 Å². The van der Waals surface area contributed by atoms with Crippen LogP contribution in [0.3, 0.4) is 0 Å². The molecule has 0 radical (unpaired) electrons. The van der Waals surface area contributed by atoms with Gasteiger partial charge in [-0.05, 0) is 12.3 Å². The summed E-state index contributed by atoms with van der Waals surface area (Å²) in [5.74, 6) is 0. The van der Waals surface area contributed by atoms with Crippen molar-refractivity contribution in [1.82, 2.24) is 0 Å². The van der Waals surface area contributed by atoms with Gasteiger partial charge in [0.05, 0.1) is 6.10 Å². The zero-order valence-electron chi connectivity index (χ0n) is 9.70. The van der Waals surface area contributed by atoms with E-state index in [1.54, 1.807) is 0 Å². The molecule has 0 saturated heterocycles. The quantitative estimate of drug-likeness (QED) is 0.720. The van der Waals surface area contributed by atoms with E-state index in [1.807, 2.05) is 30.3 Å². The van der Waals surface area contributed by atoms with E-state index in [4.69, 9.17) is 15.8 Å². The molecule has 1 aromatic rings. The van der Waals surface area contributed by atoms with Crippen LogP contribution in [-0.2, 0) is 4.52 Å². The number of hydrogen-bond donors (Lipinski definition) is 0. The van der Waals surface area contributed by atoms with Gasteiger partial charge in [-0.15, -0.1) is 0 Å². The molecular weight excluding hydrogens is 227 g/mol. The van der Waals surface area contributed by atoms with Crippen LogP contribution >= 0.6 is 18.7 Å². The van der Waals surface area contributed by atoms with E-state index in [0.29, 0.717) is 0 Å². The Morgan fingerprint density at radius 3 is 2.20 bits per heavy atom. The second-order valence-corrected chi connectivity index (χ2v) is 6.83. The Balaban J connectivity index is 2.61. The Hall–Kier alpha value is -0.100. The van der Waals surface area contributed by atoms with E-state index in [0.717, 1.165) is 5.30 Å². The van der Waals surface area contributed by atoms with E-state index < -0.39 is 7.50 Å². The third kappa shape index (κ3) is 4.10. The molecule has 0 heterocycles. The molecule has 1 aromatic carbocycles. The predicted molar refractivity (Wildman–Crippen MR) is 68.9 cm³/mol. The smallest absolute Gasteiger partial charge is 0.157 e. The lowest BCUT2D eigenvalue weighted by molar-refractivity contribution is 0.122.